The van der Waals surface area contributed by atoms with Gasteiger partial charge in [-0.3, -0.25) is 10.1 Å². The Morgan fingerprint density at radius 3 is 1.69 bits per heavy atom. The lowest BCUT2D eigenvalue weighted by Gasteiger charge is -2.30. The summed E-state index contributed by atoms with van der Waals surface area (Å²) in [6.07, 6.45) is 8.28. The molecule has 1 aromatic heterocycles. The molecule has 52 heavy (non-hydrogen) atoms. The molecule has 1 atom stereocenters. The maximum Gasteiger partial charge on any atom is 0.230 e. The van der Waals surface area contributed by atoms with Crippen molar-refractivity contribution in [3.05, 3.63) is 44.1 Å². The molecule has 0 bridgehead atoms. The number of carbonyl (C=O) groups is 1. The predicted octanol–water partition coefficient (Wildman–Crippen LogP) is 9.42. The lowest BCUT2D eigenvalue weighted by atomic mass is 9.81. The molecule has 1 amide bonds. The van der Waals surface area contributed by atoms with Crippen molar-refractivity contribution < 1.29 is 28.4 Å². The van der Waals surface area contributed by atoms with Crippen LogP contribution in [0.4, 0.5) is 5.95 Å². The van der Waals surface area contributed by atoms with Gasteiger partial charge in [0.05, 0.1) is 16.6 Å². The largest absolute Gasteiger partial charge is 0.386 e. The van der Waals surface area contributed by atoms with Gasteiger partial charge in [-0.25, -0.2) is 4.98 Å². The zero-order valence-corrected chi connectivity index (χ0v) is 30.0. The van der Waals surface area contributed by atoms with Gasteiger partial charge in [-0.05, 0) is 168 Å². The Labute approximate surface area is 325 Å². The van der Waals surface area contributed by atoms with E-state index in [9.17, 15) is 9.90 Å². The van der Waals surface area contributed by atoms with E-state index in [0.717, 1.165) is 29.4 Å². The summed E-state index contributed by atoms with van der Waals surface area (Å²) >= 11 is 0. The summed E-state index contributed by atoms with van der Waals surface area (Å²) in [5, 5.41) is 13.4. The number of amides is 1. The Bertz CT molecular complexity index is 2300. The van der Waals surface area contributed by atoms with Gasteiger partial charge < -0.3 is 9.67 Å². The van der Waals surface area contributed by atoms with E-state index in [1.54, 1.807) is 25.7 Å². The second-order valence-corrected chi connectivity index (χ2v) is 11.8. The van der Waals surface area contributed by atoms with Crippen molar-refractivity contribution in [2.45, 2.75) is 79.4 Å². The van der Waals surface area contributed by atoms with Crippen molar-refractivity contribution in [1.29, 1.82) is 5.53 Å². The van der Waals surface area contributed by atoms with Crippen LogP contribution >= 0.6 is 0 Å². The lowest BCUT2D eigenvalue weighted by Crippen LogP contribution is -2.32. The maximum atomic E-state index is 12.7. The number of benzene rings is 1. The van der Waals surface area contributed by atoms with Gasteiger partial charge in [0.25, 0.3) is 0 Å². The summed E-state index contributed by atoms with van der Waals surface area (Å²) in [4.78, 5) is 33.2. The minimum absolute atomic E-state index is 0. The van der Waals surface area contributed by atoms with Crippen LogP contribution in [0.2, 0.25) is 0 Å². The van der Waals surface area contributed by atoms with E-state index in [1.165, 1.54) is 6.42 Å². The summed E-state index contributed by atoms with van der Waals surface area (Å²) < 4.78 is 2.15. The molecule has 284 valence electrons. The Balaban J connectivity index is -0.0000000519. The number of hydrogen-bond acceptors (Lipinski definition) is 6. The number of rotatable bonds is 4. The second kappa shape index (κ2) is 24.7. The zero-order chi connectivity index (χ0) is 39.4. The van der Waals surface area contributed by atoms with Crippen LogP contribution < -0.4 is 5.32 Å². The minimum Gasteiger partial charge on any atom is -0.386 e. The summed E-state index contributed by atoms with van der Waals surface area (Å²) in [5.74, 6) is 47.4. The third kappa shape index (κ3) is 17.2. The van der Waals surface area contributed by atoms with Crippen molar-refractivity contribution >= 4 is 22.9 Å². The summed E-state index contributed by atoms with van der Waals surface area (Å²) in [7, 11) is 0. The van der Waals surface area contributed by atoms with Gasteiger partial charge in [-0.1, -0.05) is 39.7 Å². The van der Waals surface area contributed by atoms with Crippen LogP contribution in [0.5, 0.6) is 0 Å². The molecule has 0 radical (unpaired) electrons. The van der Waals surface area contributed by atoms with Gasteiger partial charge in [0.15, 0.2) is 0 Å². The van der Waals surface area contributed by atoms with E-state index >= 15 is 0 Å². The Hall–Kier alpha value is -7.37. The molecule has 1 saturated carbocycles. The van der Waals surface area contributed by atoms with Gasteiger partial charge in [0.1, 0.15) is 0 Å². The van der Waals surface area contributed by atoms with E-state index in [2.05, 4.69) is 143 Å². The molecule has 0 spiro atoms. The van der Waals surface area contributed by atoms with Crippen molar-refractivity contribution in [2.75, 3.05) is 5.32 Å². The zero-order valence-electron chi connectivity index (χ0n) is 30.0. The highest BCUT2D eigenvalue weighted by Crippen LogP contribution is 2.38. The van der Waals surface area contributed by atoms with Crippen molar-refractivity contribution in [3.63, 3.8) is 0 Å². The molecule has 2 aromatic rings. The van der Waals surface area contributed by atoms with Crippen LogP contribution in [0.25, 0.3) is 21.5 Å². The first-order valence-electron chi connectivity index (χ1n) is 15.4. The number of fused-ring (bicyclic) bond motifs is 1. The average molecular weight is 715 g/mol. The monoisotopic (exact) mass is 714 g/mol. The van der Waals surface area contributed by atoms with Crippen LogP contribution in [0, 0.1) is 146 Å². The number of nitrogens with zero attached hydrogens (tertiary/aromatic N) is 4. The van der Waals surface area contributed by atoms with Crippen LogP contribution in [-0.2, 0) is 10.4 Å². The molecule has 1 heterocycles. The quantitative estimate of drug-likeness (QED) is 0.124. The van der Waals surface area contributed by atoms with Gasteiger partial charge >= 0.3 is 0 Å². The molecular weight excluding hydrogens is 653 g/mol. The fourth-order valence-corrected chi connectivity index (χ4v) is 3.76. The van der Waals surface area contributed by atoms with E-state index in [4.69, 9.17) is 32.4 Å². The number of anilines is 1. The molecule has 10 nitrogen and oxygen atoms in total. The molecule has 0 aliphatic heterocycles. The molecule has 0 unspecified atom stereocenters. The molecular formula is C42H62N6O4. The first-order chi connectivity index (χ1) is 24.8. The molecule has 3 rings (SSSR count). The van der Waals surface area contributed by atoms with E-state index < -0.39 is 5.60 Å². The SMILES string of the molecule is C#CC#CC#CC#CC#CC#CC#CC#CC#CC#CC.C[C@H](C(=O)Nc1nc2ccc(C(C)(C)O)cc2n1C1CCC1)C(C)(C)C.O=O.[HH].[HH].[HH].[HH].[HH].[HH].[HH].[HH].[HH].[HH].[HH].[HH].[HH].[N-]=[N+]=N. The number of aliphatic hydroxyl groups is 1. The van der Waals surface area contributed by atoms with Crippen molar-refractivity contribution in [2.24, 2.45) is 11.3 Å². The Morgan fingerprint density at radius 1 is 0.923 bits per heavy atom. The van der Waals surface area contributed by atoms with Gasteiger partial charge in [-0.2, -0.15) is 0 Å². The fourth-order valence-electron chi connectivity index (χ4n) is 3.76. The van der Waals surface area contributed by atoms with Crippen molar-refractivity contribution in [1.82, 2.24) is 9.55 Å². The highest BCUT2D eigenvalue weighted by atomic mass is 16.7. The van der Waals surface area contributed by atoms with E-state index in [-0.39, 0.29) is 35.8 Å². The summed E-state index contributed by atoms with van der Waals surface area (Å²) in [6.45, 7) is 13.4. The predicted molar refractivity (Wildman–Crippen MR) is 233 cm³/mol. The summed E-state index contributed by atoms with van der Waals surface area (Å²) in [5.41, 5.74) is 13.9. The topological polar surface area (TPSA) is 162 Å². The average Bonchev–Trinajstić information content (AvgIpc) is 3.42. The van der Waals surface area contributed by atoms with Gasteiger partial charge in [0.2, 0.25) is 11.9 Å². The molecule has 1 aliphatic rings. The van der Waals surface area contributed by atoms with E-state index in [0.29, 0.717) is 12.0 Å². The Morgan fingerprint density at radius 2 is 1.35 bits per heavy atom. The van der Waals surface area contributed by atoms with Crippen molar-refractivity contribution in [3.8, 4) is 119 Å². The third-order valence-electron chi connectivity index (χ3n) is 6.96. The van der Waals surface area contributed by atoms with Gasteiger partial charge in [-0.15, -0.1) is 12.0 Å². The molecule has 1 aliphatic carbocycles. The highest BCUT2D eigenvalue weighted by molar-refractivity contribution is 5.93. The molecule has 10 heteroatoms. The molecule has 3 N–H and O–H groups in total. The molecule has 0 saturated heterocycles. The normalized spacial score (nSPS) is 10.4. The van der Waals surface area contributed by atoms with Crippen LogP contribution in [0.1, 0.15) is 97.9 Å². The maximum absolute atomic E-state index is 12.7. The smallest absolute Gasteiger partial charge is 0.230 e. The number of hydrogen-bond donors (Lipinski definition) is 3. The number of nitrogens with one attached hydrogen (secondary N) is 2. The number of aromatic nitrogens is 2. The first-order valence-corrected chi connectivity index (χ1v) is 15.4. The highest BCUT2D eigenvalue weighted by Gasteiger charge is 2.30. The molecule has 1 fully saturated rings. The third-order valence-corrected chi connectivity index (χ3v) is 6.96. The fraction of sp³-hybridized carbons (Fsp3) is 0.333. The molecule has 1 aromatic carbocycles. The second-order valence-electron chi connectivity index (χ2n) is 11.8. The van der Waals surface area contributed by atoms with Crippen LogP contribution in [0.3, 0.4) is 0 Å². The Kier molecular flexibility index (Phi) is 21.2. The standard InChI is InChI=1S/C21H31N3O2.C21H4.HN3.O2.13H2/c1-13(20(2,3)4)18(25)23-19-22-16-11-10-14(21(5,6)26)12-17(16)24(19)15-8-7-9-15;1-3-5-7-9-11-13-15-17-19-21-20-18-16-14-12-10-8-6-4-2;1-3-2;1-2;;;;;;;;;;;;;/h10-13,15,26H,7-9H2,1-6H3,(H,22,23,25);1H,2H3;1H;;13*1H/t13-;;;;;;;;;;;;;;;;/m1................/s1. The first kappa shape index (κ1) is 44.6. The number of imidazole rings is 1. The summed E-state index contributed by atoms with van der Waals surface area (Å²) in [6, 6.07) is 6.20. The van der Waals surface area contributed by atoms with E-state index in [1.807, 2.05) is 25.1 Å². The van der Waals surface area contributed by atoms with Crippen LogP contribution in [0.15, 0.2) is 18.2 Å². The van der Waals surface area contributed by atoms with Crippen LogP contribution in [-0.4, -0.2) is 20.6 Å². The minimum atomic E-state index is -0.910. The van der Waals surface area contributed by atoms with Gasteiger partial charge in [0, 0.05) is 52.3 Å². The lowest BCUT2D eigenvalue weighted by molar-refractivity contribution is -0.122. The number of terminal acetylenes is 1. The number of carbonyl (C=O) groups excluding carboxylic acids is 1.